The van der Waals surface area contributed by atoms with Crippen LogP contribution in [0, 0.1) is 0 Å². The molecule has 0 spiro atoms. The zero-order valence-corrected chi connectivity index (χ0v) is 15.9. The summed E-state index contributed by atoms with van der Waals surface area (Å²) >= 11 is 0. The van der Waals surface area contributed by atoms with E-state index in [1.807, 2.05) is 0 Å². The first-order valence-electron chi connectivity index (χ1n) is 8.32. The standard InChI is InChI=1S/C18H24N2O6/c1-10(2)20(11(3)4)17(22)18(23)26-19-9-14-13(16(19)21)7-12(24-5)8-15(14)25-6/h7-8,10-11H,9H2,1-6H3. The predicted octanol–water partition coefficient (Wildman–Crippen LogP) is 1.76. The summed E-state index contributed by atoms with van der Waals surface area (Å²) in [5.74, 6) is -1.52. The van der Waals surface area contributed by atoms with Crippen LogP contribution in [0.2, 0.25) is 0 Å². The van der Waals surface area contributed by atoms with E-state index in [9.17, 15) is 14.4 Å². The van der Waals surface area contributed by atoms with Gasteiger partial charge in [-0.25, -0.2) is 4.79 Å². The van der Waals surface area contributed by atoms with Gasteiger partial charge in [0, 0.05) is 23.7 Å². The fourth-order valence-electron chi connectivity index (χ4n) is 3.01. The molecule has 0 fully saturated rings. The average Bonchev–Trinajstić information content (AvgIpc) is 2.89. The van der Waals surface area contributed by atoms with Crippen molar-refractivity contribution in [2.24, 2.45) is 0 Å². The zero-order valence-electron chi connectivity index (χ0n) is 15.9. The molecule has 2 amide bonds. The molecular formula is C18H24N2O6. The number of nitrogens with zero attached hydrogens (tertiary/aromatic N) is 2. The van der Waals surface area contributed by atoms with Crippen LogP contribution in [0.25, 0.3) is 0 Å². The molecule has 8 heteroatoms. The second-order valence-corrected chi connectivity index (χ2v) is 6.48. The Bertz CT molecular complexity index is 721. The Kier molecular flexibility index (Phi) is 5.74. The molecule has 1 aromatic rings. The van der Waals surface area contributed by atoms with Crippen molar-refractivity contribution >= 4 is 17.8 Å². The zero-order chi connectivity index (χ0) is 19.6. The SMILES string of the molecule is COc1cc(OC)c2c(c1)C(=O)N(OC(=O)C(=O)N(C(C)C)C(C)C)C2. The Morgan fingerprint density at radius 3 is 2.19 bits per heavy atom. The van der Waals surface area contributed by atoms with Gasteiger partial charge in [-0.15, -0.1) is 0 Å². The van der Waals surface area contributed by atoms with Gasteiger partial charge in [0.15, 0.2) is 0 Å². The predicted molar refractivity (Wildman–Crippen MR) is 92.6 cm³/mol. The van der Waals surface area contributed by atoms with Gasteiger partial charge in [-0.3, -0.25) is 9.59 Å². The summed E-state index contributed by atoms with van der Waals surface area (Å²) in [5, 5.41) is 0.867. The van der Waals surface area contributed by atoms with E-state index in [-0.39, 0.29) is 18.6 Å². The van der Waals surface area contributed by atoms with E-state index in [1.54, 1.807) is 39.8 Å². The van der Waals surface area contributed by atoms with Crippen LogP contribution in [0.15, 0.2) is 12.1 Å². The molecule has 0 aliphatic carbocycles. The fraction of sp³-hybridized carbons (Fsp3) is 0.500. The number of hydrogen-bond donors (Lipinski definition) is 0. The van der Waals surface area contributed by atoms with Crippen molar-refractivity contribution in [2.45, 2.75) is 46.3 Å². The number of ether oxygens (including phenoxy) is 2. The van der Waals surface area contributed by atoms with Crippen LogP contribution < -0.4 is 9.47 Å². The molecule has 0 atom stereocenters. The summed E-state index contributed by atoms with van der Waals surface area (Å²) in [5.41, 5.74) is 0.883. The van der Waals surface area contributed by atoms with E-state index in [1.165, 1.54) is 19.1 Å². The third-order valence-corrected chi connectivity index (χ3v) is 4.11. The maximum absolute atomic E-state index is 12.5. The topological polar surface area (TPSA) is 85.4 Å². The summed E-state index contributed by atoms with van der Waals surface area (Å²) in [4.78, 5) is 43.7. The number of rotatable bonds is 5. The lowest BCUT2D eigenvalue weighted by molar-refractivity contribution is -0.187. The monoisotopic (exact) mass is 364 g/mol. The molecule has 0 saturated carbocycles. The summed E-state index contributed by atoms with van der Waals surface area (Å²) in [6.45, 7) is 7.22. The van der Waals surface area contributed by atoms with Gasteiger partial charge >= 0.3 is 11.9 Å². The van der Waals surface area contributed by atoms with Crippen LogP contribution in [-0.2, 0) is 21.0 Å². The Labute approximate surface area is 152 Å². The minimum absolute atomic E-state index is 0.00368. The third-order valence-electron chi connectivity index (χ3n) is 4.11. The van der Waals surface area contributed by atoms with Gasteiger partial charge in [0.25, 0.3) is 5.91 Å². The lowest BCUT2D eigenvalue weighted by Gasteiger charge is -2.29. The number of benzene rings is 1. The van der Waals surface area contributed by atoms with Crippen LogP contribution in [0.3, 0.4) is 0 Å². The maximum atomic E-state index is 12.5. The van der Waals surface area contributed by atoms with Crippen molar-refractivity contribution in [3.05, 3.63) is 23.3 Å². The molecule has 26 heavy (non-hydrogen) atoms. The molecule has 0 radical (unpaired) electrons. The van der Waals surface area contributed by atoms with Crippen LogP contribution in [0.1, 0.15) is 43.6 Å². The van der Waals surface area contributed by atoms with Gasteiger partial charge in [-0.1, -0.05) is 0 Å². The molecule has 0 saturated heterocycles. The second-order valence-electron chi connectivity index (χ2n) is 6.48. The lowest BCUT2D eigenvalue weighted by atomic mass is 10.1. The van der Waals surface area contributed by atoms with Gasteiger partial charge in [-0.05, 0) is 33.8 Å². The van der Waals surface area contributed by atoms with E-state index in [0.717, 1.165) is 5.06 Å². The molecule has 0 bridgehead atoms. The molecule has 2 rings (SSSR count). The smallest absolute Gasteiger partial charge is 0.421 e. The van der Waals surface area contributed by atoms with Crippen molar-refractivity contribution in [1.82, 2.24) is 9.96 Å². The lowest BCUT2D eigenvalue weighted by Crippen LogP contribution is -2.47. The summed E-state index contributed by atoms with van der Waals surface area (Å²) in [6.07, 6.45) is 0. The van der Waals surface area contributed by atoms with Gasteiger partial charge in [-0.2, -0.15) is 5.06 Å². The highest BCUT2D eigenvalue weighted by molar-refractivity contribution is 6.32. The largest absolute Gasteiger partial charge is 0.497 e. The van der Waals surface area contributed by atoms with Crippen molar-refractivity contribution in [2.75, 3.05) is 14.2 Å². The van der Waals surface area contributed by atoms with Crippen LogP contribution >= 0.6 is 0 Å². The normalized spacial score (nSPS) is 13.1. The van der Waals surface area contributed by atoms with Crippen molar-refractivity contribution in [3.8, 4) is 11.5 Å². The minimum Gasteiger partial charge on any atom is -0.497 e. The first kappa shape index (κ1) is 19.6. The van der Waals surface area contributed by atoms with E-state index >= 15 is 0 Å². The van der Waals surface area contributed by atoms with Crippen molar-refractivity contribution < 1.29 is 28.7 Å². The first-order chi connectivity index (χ1) is 12.2. The van der Waals surface area contributed by atoms with Crippen molar-refractivity contribution in [1.29, 1.82) is 0 Å². The molecular weight excluding hydrogens is 340 g/mol. The van der Waals surface area contributed by atoms with Crippen LogP contribution in [0.5, 0.6) is 11.5 Å². The summed E-state index contributed by atoms with van der Waals surface area (Å²) in [7, 11) is 2.95. The van der Waals surface area contributed by atoms with Gasteiger partial charge in [0.1, 0.15) is 11.5 Å². The molecule has 0 N–H and O–H groups in total. The number of hydrogen-bond acceptors (Lipinski definition) is 6. The molecule has 1 aromatic carbocycles. The number of carbonyl (C=O) groups excluding carboxylic acids is 3. The Balaban J connectivity index is 2.20. The van der Waals surface area contributed by atoms with Crippen molar-refractivity contribution in [3.63, 3.8) is 0 Å². The average molecular weight is 364 g/mol. The molecule has 1 aliphatic heterocycles. The van der Waals surface area contributed by atoms with Gasteiger partial charge < -0.3 is 19.2 Å². The van der Waals surface area contributed by atoms with E-state index < -0.39 is 17.8 Å². The van der Waals surface area contributed by atoms with Crippen LogP contribution in [0.4, 0.5) is 0 Å². The maximum Gasteiger partial charge on any atom is 0.421 e. The Morgan fingerprint density at radius 2 is 1.69 bits per heavy atom. The molecule has 0 unspecified atom stereocenters. The van der Waals surface area contributed by atoms with E-state index in [2.05, 4.69) is 0 Å². The van der Waals surface area contributed by atoms with Gasteiger partial charge in [0.2, 0.25) is 0 Å². The minimum atomic E-state index is -1.10. The molecule has 8 nitrogen and oxygen atoms in total. The molecule has 1 heterocycles. The Morgan fingerprint density at radius 1 is 1.08 bits per heavy atom. The number of amides is 2. The highest BCUT2D eigenvalue weighted by Crippen LogP contribution is 2.35. The van der Waals surface area contributed by atoms with E-state index in [4.69, 9.17) is 14.3 Å². The molecule has 0 aromatic heterocycles. The van der Waals surface area contributed by atoms with Crippen LogP contribution in [-0.4, -0.2) is 54.1 Å². The molecule has 1 aliphatic rings. The fourth-order valence-corrected chi connectivity index (χ4v) is 3.01. The number of hydroxylamine groups is 2. The quantitative estimate of drug-likeness (QED) is 0.740. The number of methoxy groups -OCH3 is 2. The third kappa shape index (κ3) is 3.58. The Hall–Kier alpha value is -2.77. The summed E-state index contributed by atoms with van der Waals surface area (Å²) in [6, 6.07) is 2.84. The molecule has 142 valence electrons. The van der Waals surface area contributed by atoms with E-state index in [0.29, 0.717) is 22.6 Å². The summed E-state index contributed by atoms with van der Waals surface area (Å²) < 4.78 is 10.4. The highest BCUT2D eigenvalue weighted by Gasteiger charge is 2.37. The van der Waals surface area contributed by atoms with Gasteiger partial charge in [0.05, 0.1) is 26.3 Å². The first-order valence-corrected chi connectivity index (χ1v) is 8.32. The number of fused-ring (bicyclic) bond motifs is 1. The highest BCUT2D eigenvalue weighted by atomic mass is 16.7. The number of carbonyl (C=O) groups is 3. The second kappa shape index (κ2) is 7.63.